The third-order valence-electron chi connectivity index (χ3n) is 12.1. The summed E-state index contributed by atoms with van der Waals surface area (Å²) < 4.78 is 89.8. The highest BCUT2D eigenvalue weighted by Gasteiger charge is 2.34. The van der Waals surface area contributed by atoms with Crippen molar-refractivity contribution in [1.82, 2.24) is 9.13 Å². The van der Waals surface area contributed by atoms with Crippen molar-refractivity contribution in [3.8, 4) is 45.8 Å². The van der Waals surface area contributed by atoms with Gasteiger partial charge in [0.1, 0.15) is 0 Å². The summed E-state index contributed by atoms with van der Waals surface area (Å²) in [6.07, 6.45) is -9.54. The number of halogens is 6. The molecule has 9 rings (SSSR count). The van der Waals surface area contributed by atoms with Crippen molar-refractivity contribution in [2.24, 2.45) is 0 Å². The van der Waals surface area contributed by atoms with Crippen LogP contribution in [0.3, 0.4) is 0 Å². The fraction of sp³-hybridized carbons (Fsp3) is 0.185. The SMILES string of the molecule is CC(C)(C)c1ccc2c3ccc(C(C)(C)C)cc3n(-c3cc(-c4cccc(C#N)c4)c(-n4c5ccc(C(F)(F)F)cc5c5cc(C(F)(F)F)ccc54)cc3-c3cccc(C#N)c3)c2c1. The van der Waals surface area contributed by atoms with Gasteiger partial charge in [-0.25, -0.2) is 0 Å². The lowest BCUT2D eigenvalue weighted by atomic mass is 9.86. The van der Waals surface area contributed by atoms with Crippen LogP contribution in [-0.2, 0) is 23.2 Å². The quantitative estimate of drug-likeness (QED) is 0.166. The van der Waals surface area contributed by atoms with Crippen molar-refractivity contribution in [3.63, 3.8) is 0 Å². The molecule has 9 aromatic rings. The number of hydrogen-bond acceptors (Lipinski definition) is 2. The summed E-state index contributed by atoms with van der Waals surface area (Å²) in [5.74, 6) is 0. The standard InChI is InChI=1S/C54H40F6N4/c1-51(2,3)35-13-17-39-40-18-14-36(52(4,5)6)26-48(40)64(47(39)25-35)50-28-41(33-11-7-9-31(21-33)29-61)49(27-42(50)34-12-8-10-32(22-34)30-62)63-45-19-15-37(53(55,56)57)23-43(45)44-24-38(54(58,59)60)16-20-46(44)63/h7-28H,1-6H3. The molecule has 0 aliphatic heterocycles. The summed E-state index contributed by atoms with van der Waals surface area (Å²) in [5, 5.41) is 22.2. The van der Waals surface area contributed by atoms with E-state index >= 15 is 0 Å². The van der Waals surface area contributed by atoms with Crippen LogP contribution in [0.4, 0.5) is 26.3 Å². The van der Waals surface area contributed by atoms with Gasteiger partial charge in [0, 0.05) is 32.7 Å². The summed E-state index contributed by atoms with van der Waals surface area (Å²) in [4.78, 5) is 0. The predicted octanol–water partition coefficient (Wildman–Crippen LogP) is 15.6. The molecule has 0 bridgehead atoms. The third kappa shape index (κ3) is 7.13. The van der Waals surface area contributed by atoms with Crippen LogP contribution < -0.4 is 0 Å². The van der Waals surface area contributed by atoms with Gasteiger partial charge in [-0.15, -0.1) is 0 Å². The van der Waals surface area contributed by atoms with Crippen molar-refractivity contribution in [2.45, 2.75) is 64.7 Å². The van der Waals surface area contributed by atoms with Crippen LogP contribution >= 0.6 is 0 Å². The molecule has 10 heteroatoms. The van der Waals surface area contributed by atoms with Gasteiger partial charge >= 0.3 is 12.4 Å². The van der Waals surface area contributed by atoms with E-state index in [1.807, 2.05) is 24.3 Å². The Morgan fingerprint density at radius 3 is 1.12 bits per heavy atom. The second-order valence-corrected chi connectivity index (χ2v) is 18.4. The van der Waals surface area contributed by atoms with Gasteiger partial charge < -0.3 is 9.13 Å². The molecule has 0 amide bonds. The van der Waals surface area contributed by atoms with Crippen molar-refractivity contribution < 1.29 is 26.3 Å². The van der Waals surface area contributed by atoms with Gasteiger partial charge in [-0.05, 0) is 118 Å². The van der Waals surface area contributed by atoms with Gasteiger partial charge in [0.2, 0.25) is 0 Å². The normalized spacial score (nSPS) is 12.7. The summed E-state index contributed by atoms with van der Waals surface area (Å²) in [6.45, 7) is 12.9. The highest BCUT2D eigenvalue weighted by Crippen LogP contribution is 2.46. The molecule has 2 heterocycles. The van der Waals surface area contributed by atoms with E-state index in [1.165, 1.54) is 12.1 Å². The number of rotatable bonds is 4. The number of benzene rings is 7. The van der Waals surface area contributed by atoms with E-state index in [0.717, 1.165) is 57.2 Å². The van der Waals surface area contributed by atoms with Crippen LogP contribution in [-0.4, -0.2) is 9.13 Å². The largest absolute Gasteiger partial charge is 0.416 e. The Morgan fingerprint density at radius 1 is 0.391 bits per heavy atom. The third-order valence-corrected chi connectivity index (χ3v) is 12.1. The molecule has 0 fully saturated rings. The van der Waals surface area contributed by atoms with Gasteiger partial charge in [-0.3, -0.25) is 0 Å². The summed E-state index contributed by atoms with van der Waals surface area (Å²) in [6, 6.07) is 41.6. The molecule has 0 N–H and O–H groups in total. The summed E-state index contributed by atoms with van der Waals surface area (Å²) in [7, 11) is 0. The summed E-state index contributed by atoms with van der Waals surface area (Å²) >= 11 is 0. The number of nitrogens with zero attached hydrogens (tertiary/aromatic N) is 4. The van der Waals surface area contributed by atoms with Crippen molar-refractivity contribution >= 4 is 43.6 Å². The Labute approximate surface area is 365 Å². The number of hydrogen-bond donors (Lipinski definition) is 0. The molecule has 0 radical (unpaired) electrons. The minimum absolute atomic E-state index is 0.0171. The van der Waals surface area contributed by atoms with Crippen molar-refractivity contribution in [1.29, 1.82) is 10.5 Å². The van der Waals surface area contributed by atoms with Crippen molar-refractivity contribution in [3.05, 3.63) is 167 Å². The number of nitriles is 2. The van der Waals surface area contributed by atoms with Crippen molar-refractivity contribution in [2.75, 3.05) is 0 Å². The van der Waals surface area contributed by atoms with Crippen LogP contribution in [0.1, 0.15) is 74.9 Å². The molecule has 4 nitrogen and oxygen atoms in total. The van der Waals surface area contributed by atoms with Gasteiger partial charge in [-0.1, -0.05) is 90.1 Å². The molecule has 0 spiro atoms. The minimum Gasteiger partial charge on any atom is -0.309 e. The molecule has 0 aliphatic rings. The average molecular weight is 859 g/mol. The van der Waals surface area contributed by atoms with Gasteiger partial charge in [0.15, 0.2) is 0 Å². The number of fused-ring (bicyclic) bond motifs is 6. The molecule has 0 aliphatic carbocycles. The maximum Gasteiger partial charge on any atom is 0.416 e. The summed E-state index contributed by atoms with van der Waals surface area (Å²) in [5.41, 5.74) is 6.35. The molecule has 7 aromatic carbocycles. The first-order chi connectivity index (χ1) is 30.1. The maximum absolute atomic E-state index is 14.3. The van der Waals surface area contributed by atoms with E-state index in [4.69, 9.17) is 0 Å². The first kappa shape index (κ1) is 42.0. The topological polar surface area (TPSA) is 57.4 Å². The molecule has 0 saturated heterocycles. The fourth-order valence-electron chi connectivity index (χ4n) is 8.77. The molecular weight excluding hydrogens is 819 g/mol. The lowest BCUT2D eigenvalue weighted by molar-refractivity contribution is -0.138. The van der Waals surface area contributed by atoms with Gasteiger partial charge in [0.05, 0.1) is 67.8 Å². The molecule has 318 valence electrons. The highest BCUT2D eigenvalue weighted by atomic mass is 19.4. The Bertz CT molecular complexity index is 3320. The van der Waals surface area contributed by atoms with E-state index in [1.54, 1.807) is 41.0 Å². The Morgan fingerprint density at radius 2 is 0.766 bits per heavy atom. The molecular formula is C54H40F6N4. The van der Waals surface area contributed by atoms with Gasteiger partial charge in [-0.2, -0.15) is 36.9 Å². The van der Waals surface area contributed by atoms with E-state index in [2.05, 4.69) is 94.6 Å². The molecule has 0 saturated carbocycles. The number of alkyl halides is 6. The van der Waals surface area contributed by atoms with Crippen LogP contribution in [0.2, 0.25) is 0 Å². The lowest BCUT2D eigenvalue weighted by Gasteiger charge is -2.23. The smallest absolute Gasteiger partial charge is 0.309 e. The molecule has 0 unspecified atom stereocenters. The first-order valence-electron chi connectivity index (χ1n) is 20.7. The van der Waals surface area contributed by atoms with E-state index in [9.17, 15) is 36.9 Å². The zero-order chi connectivity index (χ0) is 45.7. The average Bonchev–Trinajstić information content (AvgIpc) is 3.76. The van der Waals surface area contributed by atoms with E-state index in [0.29, 0.717) is 44.8 Å². The molecule has 0 atom stereocenters. The fourth-order valence-corrected chi connectivity index (χ4v) is 8.77. The Kier molecular flexibility index (Phi) is 9.61. The van der Waals surface area contributed by atoms with Crippen LogP contribution in [0, 0.1) is 22.7 Å². The highest BCUT2D eigenvalue weighted by molar-refractivity contribution is 6.12. The van der Waals surface area contributed by atoms with Crippen LogP contribution in [0.15, 0.2) is 133 Å². The van der Waals surface area contributed by atoms with Crippen LogP contribution in [0.5, 0.6) is 0 Å². The molecule has 2 aromatic heterocycles. The Hall–Kier alpha value is -7.30. The zero-order valence-electron chi connectivity index (χ0n) is 35.8. The van der Waals surface area contributed by atoms with Crippen LogP contribution in [0.25, 0.3) is 77.2 Å². The number of aromatic nitrogens is 2. The minimum atomic E-state index is -4.77. The Balaban J connectivity index is 1.51. The van der Waals surface area contributed by atoms with Gasteiger partial charge in [0.25, 0.3) is 0 Å². The first-order valence-corrected chi connectivity index (χ1v) is 20.7. The zero-order valence-corrected chi connectivity index (χ0v) is 35.8. The van der Waals surface area contributed by atoms with E-state index in [-0.39, 0.29) is 32.6 Å². The second-order valence-electron chi connectivity index (χ2n) is 18.4. The lowest BCUT2D eigenvalue weighted by Crippen LogP contribution is -2.11. The molecule has 64 heavy (non-hydrogen) atoms. The van der Waals surface area contributed by atoms with E-state index < -0.39 is 23.5 Å². The second kappa shape index (κ2) is 14.6. The predicted molar refractivity (Wildman–Crippen MR) is 243 cm³/mol. The monoisotopic (exact) mass is 858 g/mol. The maximum atomic E-state index is 14.3.